The van der Waals surface area contributed by atoms with Gasteiger partial charge in [0, 0.05) is 18.7 Å². The summed E-state index contributed by atoms with van der Waals surface area (Å²) >= 11 is 7.25. The highest BCUT2D eigenvalue weighted by atomic mass is 35.5. The number of amides is 1. The van der Waals surface area contributed by atoms with Crippen molar-refractivity contribution in [3.8, 4) is 0 Å². The number of nitrogens with zero attached hydrogens (tertiary/aromatic N) is 3. The molecular formula is C18H20ClFN4OS. The summed E-state index contributed by atoms with van der Waals surface area (Å²) in [6.07, 6.45) is 5.11. The van der Waals surface area contributed by atoms with E-state index >= 15 is 0 Å². The van der Waals surface area contributed by atoms with Crippen LogP contribution in [0.5, 0.6) is 0 Å². The molecule has 0 spiro atoms. The third-order valence-corrected chi connectivity index (χ3v) is 5.52. The van der Waals surface area contributed by atoms with E-state index in [1.165, 1.54) is 42.7 Å². The molecule has 5 nitrogen and oxygen atoms in total. The number of nitrogens with one attached hydrogen (secondary N) is 1. The van der Waals surface area contributed by atoms with Crippen molar-refractivity contribution in [2.45, 2.75) is 37.3 Å². The molecule has 2 heterocycles. The van der Waals surface area contributed by atoms with Crippen LogP contribution in [-0.4, -0.2) is 34.2 Å². The lowest BCUT2D eigenvalue weighted by atomic mass is 10.0. The molecule has 1 unspecified atom stereocenters. The molecule has 0 bridgehead atoms. The van der Waals surface area contributed by atoms with E-state index in [1.54, 1.807) is 0 Å². The summed E-state index contributed by atoms with van der Waals surface area (Å²) in [7, 11) is 0. The summed E-state index contributed by atoms with van der Waals surface area (Å²) in [5.41, 5.74) is 0.393. The van der Waals surface area contributed by atoms with Crippen molar-refractivity contribution >= 4 is 40.8 Å². The minimum atomic E-state index is -0.442. The van der Waals surface area contributed by atoms with Gasteiger partial charge in [-0.1, -0.05) is 23.4 Å². The number of hydrogen-bond donors (Lipinski definition) is 1. The molecule has 0 aliphatic carbocycles. The summed E-state index contributed by atoms with van der Waals surface area (Å²) in [6.45, 7) is 3.19. The Balaban J connectivity index is 1.59. The van der Waals surface area contributed by atoms with Gasteiger partial charge in [-0.05, 0) is 44.4 Å². The molecule has 3 rings (SSSR count). The lowest BCUT2D eigenvalue weighted by molar-refractivity contribution is -0.113. The first kappa shape index (κ1) is 18.9. The van der Waals surface area contributed by atoms with Crippen molar-refractivity contribution in [3.63, 3.8) is 0 Å². The van der Waals surface area contributed by atoms with Gasteiger partial charge in [0.1, 0.15) is 23.0 Å². The third kappa shape index (κ3) is 4.86. The third-order valence-electron chi connectivity index (χ3n) is 4.28. The molecule has 0 saturated carbocycles. The van der Waals surface area contributed by atoms with E-state index in [0.29, 0.717) is 11.7 Å². The predicted octanol–water partition coefficient (Wildman–Crippen LogP) is 4.38. The molecule has 1 amide bonds. The maximum atomic E-state index is 13.1. The molecule has 26 heavy (non-hydrogen) atoms. The molecule has 138 valence electrons. The van der Waals surface area contributed by atoms with Crippen molar-refractivity contribution in [2.75, 3.05) is 22.5 Å². The van der Waals surface area contributed by atoms with Crippen molar-refractivity contribution < 1.29 is 9.18 Å². The molecule has 1 aliphatic heterocycles. The Kier molecular flexibility index (Phi) is 6.32. The molecular weight excluding hydrogens is 375 g/mol. The SMILES string of the molecule is CC1CCCCN1c1cc(SCC(=O)Nc2ccc(F)cc2Cl)ncn1. The standard InChI is InChI=1S/C18H20ClFN4OS/c1-12-4-2-3-7-24(12)16-9-18(22-11-21-16)26-10-17(25)23-15-6-5-13(20)8-14(15)19/h5-6,8-9,11-12H,2-4,7,10H2,1H3,(H,23,25). The normalized spacial score (nSPS) is 17.2. The Morgan fingerprint density at radius 1 is 1.38 bits per heavy atom. The van der Waals surface area contributed by atoms with Crippen LogP contribution < -0.4 is 10.2 Å². The molecule has 1 saturated heterocycles. The highest BCUT2D eigenvalue weighted by Gasteiger charge is 2.20. The Labute approximate surface area is 161 Å². The van der Waals surface area contributed by atoms with Crippen molar-refractivity contribution in [1.29, 1.82) is 0 Å². The van der Waals surface area contributed by atoms with Crippen molar-refractivity contribution in [2.24, 2.45) is 0 Å². The van der Waals surface area contributed by atoms with Gasteiger partial charge in [0.25, 0.3) is 0 Å². The largest absolute Gasteiger partial charge is 0.354 e. The predicted molar refractivity (Wildman–Crippen MR) is 103 cm³/mol. The van der Waals surface area contributed by atoms with Crippen molar-refractivity contribution in [1.82, 2.24) is 9.97 Å². The molecule has 1 fully saturated rings. The lowest BCUT2D eigenvalue weighted by Crippen LogP contribution is -2.38. The molecule has 1 aromatic heterocycles. The zero-order valence-electron chi connectivity index (χ0n) is 14.4. The van der Waals surface area contributed by atoms with Gasteiger partial charge in [0.05, 0.1) is 16.5 Å². The Morgan fingerprint density at radius 2 is 2.23 bits per heavy atom. The number of piperidine rings is 1. The number of carbonyl (C=O) groups is 1. The van der Waals surface area contributed by atoms with E-state index in [9.17, 15) is 9.18 Å². The van der Waals surface area contributed by atoms with E-state index in [2.05, 4.69) is 27.1 Å². The number of carbonyl (C=O) groups excluding carboxylic acids is 1. The summed E-state index contributed by atoms with van der Waals surface area (Å²) < 4.78 is 13.1. The molecule has 8 heteroatoms. The summed E-state index contributed by atoms with van der Waals surface area (Å²) in [6, 6.07) is 6.25. The van der Waals surface area contributed by atoms with Gasteiger partial charge in [-0.25, -0.2) is 14.4 Å². The van der Waals surface area contributed by atoms with E-state index in [4.69, 9.17) is 11.6 Å². The topological polar surface area (TPSA) is 58.1 Å². The molecule has 1 atom stereocenters. The van der Waals surface area contributed by atoms with Crippen LogP contribution in [0.15, 0.2) is 35.6 Å². The van der Waals surface area contributed by atoms with E-state index < -0.39 is 5.82 Å². The lowest BCUT2D eigenvalue weighted by Gasteiger charge is -2.34. The maximum absolute atomic E-state index is 13.1. The van der Waals surface area contributed by atoms with E-state index in [-0.39, 0.29) is 16.7 Å². The number of benzene rings is 1. The van der Waals surface area contributed by atoms with Gasteiger partial charge < -0.3 is 10.2 Å². The van der Waals surface area contributed by atoms with Crippen LogP contribution in [0.3, 0.4) is 0 Å². The van der Waals surface area contributed by atoms with Crippen LogP contribution in [0.4, 0.5) is 15.9 Å². The number of thioether (sulfide) groups is 1. The molecule has 0 radical (unpaired) electrons. The number of hydrogen-bond acceptors (Lipinski definition) is 5. The number of rotatable bonds is 5. The van der Waals surface area contributed by atoms with Crippen LogP contribution in [-0.2, 0) is 4.79 Å². The average Bonchev–Trinajstić information content (AvgIpc) is 2.63. The highest BCUT2D eigenvalue weighted by Crippen LogP contribution is 2.26. The van der Waals surface area contributed by atoms with E-state index in [0.717, 1.165) is 30.2 Å². The number of aromatic nitrogens is 2. The van der Waals surface area contributed by atoms with E-state index in [1.807, 2.05) is 6.07 Å². The summed E-state index contributed by atoms with van der Waals surface area (Å²) in [4.78, 5) is 23.0. The molecule has 1 aliphatic rings. The quantitative estimate of drug-likeness (QED) is 0.602. The van der Waals surface area contributed by atoms with Crippen LogP contribution >= 0.6 is 23.4 Å². The average molecular weight is 395 g/mol. The highest BCUT2D eigenvalue weighted by molar-refractivity contribution is 7.99. The minimum absolute atomic E-state index is 0.173. The Morgan fingerprint density at radius 3 is 3.00 bits per heavy atom. The van der Waals surface area contributed by atoms with Gasteiger partial charge in [-0.2, -0.15) is 0 Å². The zero-order chi connectivity index (χ0) is 18.5. The Bertz CT molecular complexity index is 792. The molecule has 1 aromatic carbocycles. The van der Waals surface area contributed by atoms with Crippen LogP contribution in [0.1, 0.15) is 26.2 Å². The molecule has 1 N–H and O–H groups in total. The first-order valence-electron chi connectivity index (χ1n) is 8.49. The van der Waals surface area contributed by atoms with Gasteiger partial charge >= 0.3 is 0 Å². The first-order valence-corrected chi connectivity index (χ1v) is 9.85. The second kappa shape index (κ2) is 8.68. The summed E-state index contributed by atoms with van der Waals surface area (Å²) in [5.74, 6) is 0.411. The summed E-state index contributed by atoms with van der Waals surface area (Å²) in [5, 5.41) is 3.60. The smallest absolute Gasteiger partial charge is 0.234 e. The van der Waals surface area contributed by atoms with Gasteiger partial charge in [-0.15, -0.1) is 0 Å². The Hall–Kier alpha value is -1.86. The maximum Gasteiger partial charge on any atom is 0.234 e. The van der Waals surface area contributed by atoms with Gasteiger partial charge in [0.2, 0.25) is 5.91 Å². The zero-order valence-corrected chi connectivity index (χ0v) is 16.0. The fraction of sp³-hybridized carbons (Fsp3) is 0.389. The van der Waals surface area contributed by atoms with Crippen LogP contribution in [0.2, 0.25) is 5.02 Å². The fourth-order valence-electron chi connectivity index (χ4n) is 2.92. The van der Waals surface area contributed by atoms with Crippen molar-refractivity contribution in [3.05, 3.63) is 41.4 Å². The first-order chi connectivity index (χ1) is 12.5. The fourth-order valence-corrected chi connectivity index (χ4v) is 3.80. The molecule has 2 aromatic rings. The second-order valence-corrected chi connectivity index (χ2v) is 7.62. The van der Waals surface area contributed by atoms with Crippen LogP contribution in [0.25, 0.3) is 0 Å². The monoisotopic (exact) mass is 394 g/mol. The van der Waals surface area contributed by atoms with Gasteiger partial charge in [-0.3, -0.25) is 4.79 Å². The number of anilines is 2. The second-order valence-electron chi connectivity index (χ2n) is 6.21. The van der Waals surface area contributed by atoms with Crippen LogP contribution in [0, 0.1) is 5.82 Å². The number of halogens is 2. The van der Waals surface area contributed by atoms with Gasteiger partial charge in [0.15, 0.2) is 0 Å². The minimum Gasteiger partial charge on any atom is -0.354 e.